The number of thiophene rings is 1. The first kappa shape index (κ1) is 14.8. The maximum atomic E-state index is 9.58. The second kappa shape index (κ2) is 6.37. The molecule has 0 amide bonds. The molecule has 0 fully saturated rings. The molecule has 0 radical (unpaired) electrons. The lowest BCUT2D eigenvalue weighted by Crippen LogP contribution is -2.08. The first-order chi connectivity index (χ1) is 11.8. The SMILES string of the molecule is Oc1ccc2cc(-c3ccc(OCCn4cccn4)cc3)sc2c1. The van der Waals surface area contributed by atoms with Crippen molar-refractivity contribution in [2.24, 2.45) is 0 Å². The molecule has 0 aliphatic carbocycles. The van der Waals surface area contributed by atoms with Crippen LogP contribution in [-0.2, 0) is 6.54 Å². The number of phenolic OH excluding ortho intramolecular Hbond substituents is 1. The van der Waals surface area contributed by atoms with Gasteiger partial charge in [0.05, 0.1) is 6.54 Å². The van der Waals surface area contributed by atoms with Crippen LogP contribution in [0, 0.1) is 0 Å². The molecule has 0 bridgehead atoms. The van der Waals surface area contributed by atoms with Crippen LogP contribution in [0.5, 0.6) is 11.5 Å². The number of ether oxygens (including phenoxy) is 1. The number of fused-ring (bicyclic) bond motifs is 1. The van der Waals surface area contributed by atoms with Crippen molar-refractivity contribution in [1.82, 2.24) is 9.78 Å². The van der Waals surface area contributed by atoms with Crippen LogP contribution in [0.4, 0.5) is 0 Å². The fourth-order valence-corrected chi connectivity index (χ4v) is 3.67. The molecule has 4 rings (SSSR count). The summed E-state index contributed by atoms with van der Waals surface area (Å²) in [6.45, 7) is 1.32. The monoisotopic (exact) mass is 336 g/mol. The first-order valence-corrected chi connectivity index (χ1v) is 8.53. The molecule has 4 aromatic rings. The van der Waals surface area contributed by atoms with Crippen LogP contribution >= 0.6 is 11.3 Å². The molecule has 24 heavy (non-hydrogen) atoms. The highest BCUT2D eigenvalue weighted by atomic mass is 32.1. The Morgan fingerprint density at radius 2 is 1.96 bits per heavy atom. The molecule has 2 aromatic carbocycles. The third-order valence-corrected chi connectivity index (χ3v) is 4.94. The van der Waals surface area contributed by atoms with E-state index < -0.39 is 0 Å². The summed E-state index contributed by atoms with van der Waals surface area (Å²) >= 11 is 1.67. The van der Waals surface area contributed by atoms with Gasteiger partial charge in [-0.15, -0.1) is 11.3 Å². The molecule has 0 aliphatic rings. The Labute approximate surface area is 143 Å². The van der Waals surface area contributed by atoms with Gasteiger partial charge in [0.2, 0.25) is 0 Å². The molecule has 0 saturated heterocycles. The quantitative estimate of drug-likeness (QED) is 0.581. The van der Waals surface area contributed by atoms with E-state index >= 15 is 0 Å². The van der Waals surface area contributed by atoms with E-state index in [0.717, 1.165) is 27.9 Å². The van der Waals surface area contributed by atoms with Crippen LogP contribution in [-0.4, -0.2) is 21.5 Å². The smallest absolute Gasteiger partial charge is 0.119 e. The third-order valence-electron chi connectivity index (χ3n) is 3.79. The van der Waals surface area contributed by atoms with E-state index in [0.29, 0.717) is 12.4 Å². The fraction of sp³-hybridized carbons (Fsp3) is 0.105. The van der Waals surface area contributed by atoms with Crippen LogP contribution in [0.2, 0.25) is 0 Å². The minimum atomic E-state index is 0.303. The average Bonchev–Trinajstić information content (AvgIpc) is 3.24. The van der Waals surface area contributed by atoms with E-state index in [9.17, 15) is 5.11 Å². The van der Waals surface area contributed by atoms with Gasteiger partial charge in [0.25, 0.3) is 0 Å². The van der Waals surface area contributed by atoms with E-state index in [2.05, 4.69) is 23.3 Å². The second-order valence-electron chi connectivity index (χ2n) is 5.47. The van der Waals surface area contributed by atoms with Crippen molar-refractivity contribution in [2.75, 3.05) is 6.61 Å². The molecule has 0 aliphatic heterocycles. The minimum absolute atomic E-state index is 0.303. The van der Waals surface area contributed by atoms with Crippen LogP contribution in [0.25, 0.3) is 20.5 Å². The lowest BCUT2D eigenvalue weighted by atomic mass is 10.1. The zero-order chi connectivity index (χ0) is 16.4. The normalized spacial score (nSPS) is 11.0. The van der Waals surface area contributed by atoms with Gasteiger partial charge in [-0.25, -0.2) is 0 Å². The van der Waals surface area contributed by atoms with Crippen molar-refractivity contribution in [3.05, 3.63) is 67.0 Å². The topological polar surface area (TPSA) is 47.3 Å². The van der Waals surface area contributed by atoms with Crippen LogP contribution in [0.15, 0.2) is 67.0 Å². The maximum Gasteiger partial charge on any atom is 0.119 e. The van der Waals surface area contributed by atoms with Gasteiger partial charge in [0.1, 0.15) is 18.1 Å². The molecular formula is C19H16N2O2S. The van der Waals surface area contributed by atoms with Gasteiger partial charge in [-0.05, 0) is 65.5 Å². The lowest BCUT2D eigenvalue weighted by Gasteiger charge is -2.07. The summed E-state index contributed by atoms with van der Waals surface area (Å²) in [5, 5.41) is 14.9. The first-order valence-electron chi connectivity index (χ1n) is 7.71. The highest BCUT2D eigenvalue weighted by molar-refractivity contribution is 7.22. The van der Waals surface area contributed by atoms with Gasteiger partial charge < -0.3 is 9.84 Å². The predicted molar refractivity (Wildman–Crippen MR) is 96.6 cm³/mol. The molecule has 2 heterocycles. The number of benzene rings is 2. The van der Waals surface area contributed by atoms with E-state index in [4.69, 9.17) is 4.74 Å². The van der Waals surface area contributed by atoms with Crippen LogP contribution in [0.3, 0.4) is 0 Å². The number of phenols is 1. The third kappa shape index (κ3) is 3.12. The minimum Gasteiger partial charge on any atom is -0.508 e. The zero-order valence-corrected chi connectivity index (χ0v) is 13.7. The number of rotatable bonds is 5. The molecule has 0 atom stereocenters. The summed E-state index contributed by atoms with van der Waals surface area (Å²) in [4.78, 5) is 1.18. The molecular weight excluding hydrogens is 320 g/mol. The van der Waals surface area contributed by atoms with Gasteiger partial charge >= 0.3 is 0 Å². The molecule has 1 N–H and O–H groups in total. The Balaban J connectivity index is 1.46. The number of nitrogens with zero attached hydrogens (tertiary/aromatic N) is 2. The predicted octanol–water partition coefficient (Wildman–Crippen LogP) is 4.55. The molecule has 120 valence electrons. The highest BCUT2D eigenvalue weighted by Gasteiger charge is 2.05. The number of aromatic nitrogens is 2. The summed E-state index contributed by atoms with van der Waals surface area (Å²) in [6.07, 6.45) is 3.69. The Kier molecular flexibility index (Phi) is 3.92. The molecule has 0 spiro atoms. The fourth-order valence-electron chi connectivity index (χ4n) is 2.57. The maximum absolute atomic E-state index is 9.58. The summed E-state index contributed by atoms with van der Waals surface area (Å²) in [5.41, 5.74) is 1.15. The summed E-state index contributed by atoms with van der Waals surface area (Å²) in [5.74, 6) is 1.15. The van der Waals surface area contributed by atoms with E-state index in [1.165, 1.54) is 4.88 Å². The van der Waals surface area contributed by atoms with Crippen LogP contribution in [0.1, 0.15) is 0 Å². The highest BCUT2D eigenvalue weighted by Crippen LogP contribution is 2.35. The van der Waals surface area contributed by atoms with Gasteiger partial charge in [0.15, 0.2) is 0 Å². The number of hydrogen-bond donors (Lipinski definition) is 1. The van der Waals surface area contributed by atoms with E-state index in [1.807, 2.05) is 35.1 Å². The standard InChI is InChI=1S/C19H16N2O2S/c22-16-5-2-15-12-18(24-19(15)13-16)14-3-6-17(7-4-14)23-11-10-21-9-1-8-20-21/h1-9,12-13,22H,10-11H2. The lowest BCUT2D eigenvalue weighted by molar-refractivity contribution is 0.291. The number of hydrogen-bond acceptors (Lipinski definition) is 4. The van der Waals surface area contributed by atoms with E-state index in [1.54, 1.807) is 29.7 Å². The van der Waals surface area contributed by atoms with Crippen molar-refractivity contribution in [2.45, 2.75) is 6.54 Å². The van der Waals surface area contributed by atoms with E-state index in [-0.39, 0.29) is 0 Å². The Hall–Kier alpha value is -2.79. The van der Waals surface area contributed by atoms with Gasteiger partial charge in [0, 0.05) is 22.0 Å². The number of aromatic hydroxyl groups is 1. The van der Waals surface area contributed by atoms with Crippen molar-refractivity contribution < 1.29 is 9.84 Å². The zero-order valence-electron chi connectivity index (χ0n) is 12.9. The second-order valence-corrected chi connectivity index (χ2v) is 6.56. The van der Waals surface area contributed by atoms with Gasteiger partial charge in [-0.3, -0.25) is 4.68 Å². The Morgan fingerprint density at radius 3 is 2.75 bits per heavy atom. The molecule has 4 nitrogen and oxygen atoms in total. The van der Waals surface area contributed by atoms with Crippen LogP contribution < -0.4 is 4.74 Å². The largest absolute Gasteiger partial charge is 0.508 e. The summed E-state index contributed by atoms with van der Waals surface area (Å²) in [7, 11) is 0. The Bertz CT molecular complexity index is 943. The molecule has 5 heteroatoms. The molecule has 2 aromatic heterocycles. The van der Waals surface area contributed by atoms with Crippen molar-refractivity contribution in [3.63, 3.8) is 0 Å². The van der Waals surface area contributed by atoms with Gasteiger partial charge in [-0.2, -0.15) is 5.10 Å². The Morgan fingerprint density at radius 1 is 1.08 bits per heavy atom. The summed E-state index contributed by atoms with van der Waals surface area (Å²) < 4.78 is 8.69. The summed E-state index contributed by atoms with van der Waals surface area (Å²) in [6, 6.07) is 17.6. The van der Waals surface area contributed by atoms with Gasteiger partial charge in [-0.1, -0.05) is 0 Å². The molecule has 0 unspecified atom stereocenters. The molecule has 0 saturated carbocycles. The van der Waals surface area contributed by atoms with Crippen molar-refractivity contribution in [1.29, 1.82) is 0 Å². The average molecular weight is 336 g/mol. The van der Waals surface area contributed by atoms with Crippen molar-refractivity contribution >= 4 is 21.4 Å². The van der Waals surface area contributed by atoms with Crippen molar-refractivity contribution in [3.8, 4) is 21.9 Å².